The third-order valence-electron chi connectivity index (χ3n) is 3.64. The van der Waals surface area contributed by atoms with Crippen molar-refractivity contribution in [2.45, 2.75) is 13.8 Å². The van der Waals surface area contributed by atoms with Gasteiger partial charge in [-0.25, -0.2) is 9.07 Å². The van der Waals surface area contributed by atoms with Gasteiger partial charge in [-0.05, 0) is 62.4 Å². The summed E-state index contributed by atoms with van der Waals surface area (Å²) in [4.78, 5) is 17.2. The van der Waals surface area contributed by atoms with E-state index in [1.54, 1.807) is 19.1 Å². The van der Waals surface area contributed by atoms with Crippen LogP contribution in [0.2, 0.25) is 0 Å². The predicted molar refractivity (Wildman–Crippen MR) is 97.1 cm³/mol. The molecule has 0 bridgehead atoms. The van der Waals surface area contributed by atoms with Crippen molar-refractivity contribution in [2.75, 3.05) is 0 Å². The maximum Gasteiger partial charge on any atom is 0.280 e. The molecule has 0 radical (unpaired) electrons. The molecule has 0 saturated carbocycles. The van der Waals surface area contributed by atoms with Gasteiger partial charge in [-0.15, -0.1) is 0 Å². The Morgan fingerprint density at radius 2 is 1.75 bits per heavy atom. The molecule has 0 amide bonds. The van der Waals surface area contributed by atoms with Crippen LogP contribution in [0.4, 0.5) is 10.1 Å². The van der Waals surface area contributed by atoms with Crippen LogP contribution in [0.3, 0.4) is 0 Å². The molecule has 0 saturated heterocycles. The highest BCUT2D eigenvalue weighted by Gasteiger charge is 2.15. The van der Waals surface area contributed by atoms with Crippen LogP contribution in [0.1, 0.15) is 18.2 Å². The van der Waals surface area contributed by atoms with Crippen molar-refractivity contribution in [3.8, 4) is 5.69 Å². The molecular weight excluding hydrogens is 373 g/mol. The number of nitrogens with one attached hydrogen (secondary N) is 1. The molecule has 0 aliphatic carbocycles. The molecule has 0 fully saturated rings. The summed E-state index contributed by atoms with van der Waals surface area (Å²) in [6.07, 6.45) is 0. The van der Waals surface area contributed by atoms with Gasteiger partial charge >= 0.3 is 0 Å². The highest BCUT2D eigenvalue weighted by Crippen LogP contribution is 2.18. The van der Waals surface area contributed by atoms with Crippen molar-refractivity contribution in [3.63, 3.8) is 0 Å². The first-order valence-corrected chi connectivity index (χ1v) is 8.14. The van der Waals surface area contributed by atoms with E-state index in [1.807, 2.05) is 31.2 Å². The van der Waals surface area contributed by atoms with Gasteiger partial charge in [-0.1, -0.05) is 15.9 Å². The van der Waals surface area contributed by atoms with E-state index in [-0.39, 0.29) is 11.4 Å². The van der Waals surface area contributed by atoms with E-state index in [2.05, 4.69) is 26.0 Å². The van der Waals surface area contributed by atoms with Gasteiger partial charge in [0.1, 0.15) is 5.82 Å². The van der Waals surface area contributed by atoms with Crippen LogP contribution in [-0.4, -0.2) is 15.5 Å². The Morgan fingerprint density at radius 1 is 1.12 bits per heavy atom. The largest absolute Gasteiger partial charge is 0.295 e. The SMILES string of the molecule is CC(=Nc1ccc(Br)cc1)c1c(C)[nH]n(-c2ccc(F)cc2)c1=O. The summed E-state index contributed by atoms with van der Waals surface area (Å²) in [5, 5.41) is 3.02. The van der Waals surface area contributed by atoms with Crippen molar-refractivity contribution in [1.29, 1.82) is 0 Å². The zero-order valence-corrected chi connectivity index (χ0v) is 14.8. The minimum Gasteiger partial charge on any atom is -0.295 e. The molecule has 1 aromatic heterocycles. The Balaban J connectivity index is 2.04. The molecule has 24 heavy (non-hydrogen) atoms. The summed E-state index contributed by atoms with van der Waals surface area (Å²) in [6, 6.07) is 13.3. The minimum atomic E-state index is -0.344. The van der Waals surface area contributed by atoms with E-state index in [0.717, 1.165) is 10.2 Å². The quantitative estimate of drug-likeness (QED) is 0.660. The molecular formula is C18H15BrFN3O. The fourth-order valence-corrected chi connectivity index (χ4v) is 2.77. The number of aromatic amines is 1. The fraction of sp³-hybridized carbons (Fsp3) is 0.111. The lowest BCUT2D eigenvalue weighted by Gasteiger charge is -2.00. The van der Waals surface area contributed by atoms with Crippen LogP contribution < -0.4 is 5.56 Å². The van der Waals surface area contributed by atoms with Crippen molar-refractivity contribution < 1.29 is 4.39 Å². The number of hydrogen-bond acceptors (Lipinski definition) is 2. The zero-order valence-electron chi connectivity index (χ0n) is 13.2. The molecule has 1 N–H and O–H groups in total. The molecule has 4 nitrogen and oxygen atoms in total. The van der Waals surface area contributed by atoms with Crippen LogP contribution >= 0.6 is 15.9 Å². The number of halogens is 2. The number of benzene rings is 2. The topological polar surface area (TPSA) is 50.1 Å². The van der Waals surface area contributed by atoms with Crippen LogP contribution in [0.25, 0.3) is 5.69 Å². The summed E-state index contributed by atoms with van der Waals surface area (Å²) in [5.41, 5.74) is 2.98. The highest BCUT2D eigenvalue weighted by molar-refractivity contribution is 9.10. The van der Waals surface area contributed by atoms with Crippen LogP contribution in [0.5, 0.6) is 0 Å². The van der Waals surface area contributed by atoms with Gasteiger partial charge in [0.15, 0.2) is 0 Å². The molecule has 0 spiro atoms. The molecule has 6 heteroatoms. The van der Waals surface area contributed by atoms with Gasteiger partial charge in [0.2, 0.25) is 0 Å². The molecule has 2 aromatic carbocycles. The highest BCUT2D eigenvalue weighted by atomic mass is 79.9. The molecule has 0 unspecified atom stereocenters. The fourth-order valence-electron chi connectivity index (χ4n) is 2.51. The normalized spacial score (nSPS) is 11.8. The van der Waals surface area contributed by atoms with Crippen molar-refractivity contribution in [3.05, 3.63) is 80.4 Å². The van der Waals surface area contributed by atoms with E-state index >= 15 is 0 Å². The third-order valence-corrected chi connectivity index (χ3v) is 4.17. The Hall–Kier alpha value is -2.47. The summed E-state index contributed by atoms with van der Waals surface area (Å²) in [7, 11) is 0. The standard InChI is InChI=1S/C18H15BrFN3O/c1-11(21-15-7-3-13(19)4-8-15)17-12(2)22-23(18(17)24)16-9-5-14(20)6-10-16/h3-10,22H,1-2H3. The lowest BCUT2D eigenvalue weighted by Crippen LogP contribution is -2.19. The number of aliphatic imine (C=N–C) groups is 1. The predicted octanol–water partition coefficient (Wildman–Crippen LogP) is 4.52. The van der Waals surface area contributed by atoms with E-state index in [1.165, 1.54) is 16.8 Å². The third kappa shape index (κ3) is 3.23. The van der Waals surface area contributed by atoms with E-state index < -0.39 is 0 Å². The molecule has 3 rings (SSSR count). The second-order valence-electron chi connectivity index (χ2n) is 5.40. The van der Waals surface area contributed by atoms with Gasteiger partial charge in [0, 0.05) is 10.2 Å². The van der Waals surface area contributed by atoms with Gasteiger partial charge in [-0.3, -0.25) is 14.9 Å². The molecule has 122 valence electrons. The smallest absolute Gasteiger partial charge is 0.280 e. The Labute approximate surface area is 146 Å². The van der Waals surface area contributed by atoms with Gasteiger partial charge < -0.3 is 0 Å². The summed E-state index contributed by atoms with van der Waals surface area (Å²) >= 11 is 3.38. The number of aryl methyl sites for hydroxylation is 1. The van der Waals surface area contributed by atoms with Crippen molar-refractivity contribution in [1.82, 2.24) is 9.78 Å². The average Bonchev–Trinajstić information content (AvgIpc) is 2.85. The first-order chi connectivity index (χ1) is 11.5. The Morgan fingerprint density at radius 3 is 2.38 bits per heavy atom. The molecule has 0 aliphatic heterocycles. The number of H-pyrrole nitrogens is 1. The average molecular weight is 388 g/mol. The number of rotatable bonds is 3. The molecule has 0 aliphatic rings. The monoisotopic (exact) mass is 387 g/mol. The second kappa shape index (κ2) is 6.57. The number of nitrogens with zero attached hydrogens (tertiary/aromatic N) is 2. The maximum atomic E-state index is 13.1. The zero-order chi connectivity index (χ0) is 17.3. The molecule has 1 heterocycles. The number of hydrogen-bond donors (Lipinski definition) is 1. The first-order valence-electron chi connectivity index (χ1n) is 7.34. The van der Waals surface area contributed by atoms with Crippen molar-refractivity contribution >= 4 is 27.3 Å². The Kier molecular flexibility index (Phi) is 4.49. The van der Waals surface area contributed by atoms with E-state index in [4.69, 9.17) is 0 Å². The Bertz CT molecular complexity index is 953. The molecule has 3 aromatic rings. The number of aromatic nitrogens is 2. The van der Waals surface area contributed by atoms with Crippen LogP contribution in [-0.2, 0) is 0 Å². The molecule has 0 atom stereocenters. The van der Waals surface area contributed by atoms with Crippen molar-refractivity contribution in [2.24, 2.45) is 4.99 Å². The van der Waals surface area contributed by atoms with Crippen LogP contribution in [0, 0.1) is 12.7 Å². The summed E-state index contributed by atoms with van der Waals surface area (Å²) < 4.78 is 15.4. The lowest BCUT2D eigenvalue weighted by atomic mass is 10.1. The minimum absolute atomic E-state index is 0.211. The van der Waals surface area contributed by atoms with Crippen LogP contribution in [0.15, 0.2) is 62.8 Å². The second-order valence-corrected chi connectivity index (χ2v) is 6.32. The summed E-state index contributed by atoms with van der Waals surface area (Å²) in [6.45, 7) is 3.62. The van der Waals surface area contributed by atoms with E-state index in [9.17, 15) is 9.18 Å². The van der Waals surface area contributed by atoms with Gasteiger partial charge in [0.25, 0.3) is 5.56 Å². The van der Waals surface area contributed by atoms with E-state index in [0.29, 0.717) is 22.7 Å². The van der Waals surface area contributed by atoms with Gasteiger partial charge in [0.05, 0.1) is 22.6 Å². The first kappa shape index (κ1) is 16.4. The lowest BCUT2D eigenvalue weighted by molar-refractivity contribution is 0.627. The summed E-state index contributed by atoms with van der Waals surface area (Å²) in [5.74, 6) is -0.344. The maximum absolute atomic E-state index is 13.1. The van der Waals surface area contributed by atoms with Gasteiger partial charge in [-0.2, -0.15) is 0 Å².